The number of benzene rings is 2. The van der Waals surface area contributed by atoms with Gasteiger partial charge in [0.05, 0.1) is 18.6 Å². The van der Waals surface area contributed by atoms with E-state index in [-0.39, 0.29) is 24.1 Å². The number of anilines is 1. The highest BCUT2D eigenvalue weighted by molar-refractivity contribution is 7.92. The summed E-state index contributed by atoms with van der Waals surface area (Å²) in [7, 11) is -3.83. The second-order valence-corrected chi connectivity index (χ2v) is 11.1. The van der Waals surface area contributed by atoms with Crippen molar-refractivity contribution in [3.63, 3.8) is 0 Å². The fourth-order valence-corrected chi connectivity index (χ4v) is 4.62. The van der Waals surface area contributed by atoms with Crippen LogP contribution < -0.4 is 14.4 Å². The lowest BCUT2D eigenvalue weighted by atomic mass is 10.1. The molecule has 0 heterocycles. The van der Waals surface area contributed by atoms with Gasteiger partial charge in [-0.2, -0.15) is 0 Å². The summed E-state index contributed by atoms with van der Waals surface area (Å²) in [6.07, 6.45) is 1.44. The Labute approximate surface area is 215 Å². The number of hydrogen-bond donors (Lipinski definition) is 1. The molecule has 0 spiro atoms. The van der Waals surface area contributed by atoms with Crippen LogP contribution in [-0.2, 0) is 26.2 Å². The Morgan fingerprint density at radius 3 is 2.22 bits per heavy atom. The van der Waals surface area contributed by atoms with E-state index in [0.717, 1.165) is 21.7 Å². The molecule has 2 amide bonds. The van der Waals surface area contributed by atoms with Gasteiger partial charge in [0.1, 0.15) is 18.3 Å². The molecule has 0 radical (unpaired) electrons. The second kappa shape index (κ2) is 13.3. The number of carbonyl (C=O) groups excluding carboxylic acids is 2. The Morgan fingerprint density at radius 2 is 1.67 bits per heavy atom. The highest BCUT2D eigenvalue weighted by Gasteiger charge is 2.32. The Hall–Kier alpha value is -3.07. The number of carbonyl (C=O) groups is 2. The van der Waals surface area contributed by atoms with E-state index < -0.39 is 28.5 Å². The third-order valence-corrected chi connectivity index (χ3v) is 6.78. The first-order valence-electron chi connectivity index (χ1n) is 12.3. The van der Waals surface area contributed by atoms with Gasteiger partial charge in [0.15, 0.2) is 0 Å². The zero-order chi connectivity index (χ0) is 26.9. The summed E-state index contributed by atoms with van der Waals surface area (Å²) in [6, 6.07) is 13.7. The van der Waals surface area contributed by atoms with Crippen molar-refractivity contribution in [1.82, 2.24) is 10.2 Å². The molecular formula is C27H39N3O5S. The van der Waals surface area contributed by atoms with Crippen molar-refractivity contribution in [1.29, 1.82) is 0 Å². The minimum Gasteiger partial charge on any atom is -0.492 e. The summed E-state index contributed by atoms with van der Waals surface area (Å²) in [5, 5.41) is 2.92. The standard InChI is InChI=1S/C27H39N3O5S/c1-7-23(27(32)28-17-20(3)4)29(18-22-15-13-21(5)14-16-22)26(31)19-30(36(6,33)34)24-11-9-10-12-25(24)35-8-2/h9-16,20,23H,7-8,17-19H2,1-6H3,(H,28,32)/t23-/m0/s1. The Balaban J connectivity index is 2.45. The molecule has 9 heteroatoms. The molecule has 0 unspecified atom stereocenters. The Bertz CT molecular complexity index is 1120. The number of para-hydroxylation sites is 2. The van der Waals surface area contributed by atoms with Crippen LogP contribution in [0.4, 0.5) is 5.69 Å². The van der Waals surface area contributed by atoms with Crippen LogP contribution in [0.2, 0.25) is 0 Å². The van der Waals surface area contributed by atoms with Gasteiger partial charge in [0.25, 0.3) is 0 Å². The summed E-state index contributed by atoms with van der Waals surface area (Å²) in [4.78, 5) is 28.3. The molecule has 0 aliphatic carbocycles. The number of sulfonamides is 1. The molecule has 0 bridgehead atoms. The number of ether oxygens (including phenoxy) is 1. The van der Waals surface area contributed by atoms with Gasteiger partial charge in [-0.3, -0.25) is 13.9 Å². The summed E-state index contributed by atoms with van der Waals surface area (Å²) >= 11 is 0. The van der Waals surface area contributed by atoms with Crippen LogP contribution in [0.15, 0.2) is 48.5 Å². The Kier molecular flexibility index (Phi) is 10.8. The number of aryl methyl sites for hydroxylation is 1. The van der Waals surface area contributed by atoms with E-state index in [1.54, 1.807) is 31.2 Å². The summed E-state index contributed by atoms with van der Waals surface area (Å²) in [5.74, 6) is -0.111. The first-order valence-corrected chi connectivity index (χ1v) is 14.1. The topological polar surface area (TPSA) is 96.0 Å². The van der Waals surface area contributed by atoms with Crippen LogP contribution in [0.3, 0.4) is 0 Å². The number of amides is 2. The highest BCUT2D eigenvalue weighted by atomic mass is 32.2. The van der Waals surface area contributed by atoms with Gasteiger partial charge in [-0.15, -0.1) is 0 Å². The molecule has 36 heavy (non-hydrogen) atoms. The predicted molar refractivity (Wildman–Crippen MR) is 143 cm³/mol. The van der Waals surface area contributed by atoms with Crippen LogP contribution >= 0.6 is 0 Å². The van der Waals surface area contributed by atoms with Crippen molar-refractivity contribution in [3.05, 3.63) is 59.7 Å². The molecule has 198 valence electrons. The summed E-state index contributed by atoms with van der Waals surface area (Å²) in [6.45, 7) is 10.2. The molecule has 2 rings (SSSR count). The highest BCUT2D eigenvalue weighted by Crippen LogP contribution is 2.30. The van der Waals surface area contributed by atoms with Crippen LogP contribution in [0.5, 0.6) is 5.75 Å². The SMILES string of the molecule is CCOc1ccccc1N(CC(=O)N(Cc1ccc(C)cc1)[C@@H](CC)C(=O)NCC(C)C)S(C)(=O)=O. The fraction of sp³-hybridized carbons (Fsp3) is 0.481. The lowest BCUT2D eigenvalue weighted by Crippen LogP contribution is -2.52. The normalized spacial score (nSPS) is 12.2. The zero-order valence-corrected chi connectivity index (χ0v) is 23.0. The van der Waals surface area contributed by atoms with Gasteiger partial charge in [-0.25, -0.2) is 8.42 Å². The van der Waals surface area contributed by atoms with E-state index in [2.05, 4.69) is 5.32 Å². The lowest BCUT2D eigenvalue weighted by Gasteiger charge is -2.33. The van der Waals surface area contributed by atoms with Crippen molar-refractivity contribution >= 4 is 27.5 Å². The van der Waals surface area contributed by atoms with E-state index in [1.807, 2.05) is 52.0 Å². The summed E-state index contributed by atoms with van der Waals surface area (Å²) < 4.78 is 32.3. The number of nitrogens with one attached hydrogen (secondary N) is 1. The molecule has 0 aliphatic heterocycles. The van der Waals surface area contributed by atoms with Gasteiger partial charge in [0, 0.05) is 13.1 Å². The zero-order valence-electron chi connectivity index (χ0n) is 22.2. The quantitative estimate of drug-likeness (QED) is 0.437. The molecule has 0 aromatic heterocycles. The van der Waals surface area contributed by atoms with Crippen LogP contribution in [0.25, 0.3) is 0 Å². The van der Waals surface area contributed by atoms with E-state index in [1.165, 1.54) is 4.90 Å². The largest absolute Gasteiger partial charge is 0.492 e. The molecule has 1 N–H and O–H groups in total. The maximum Gasteiger partial charge on any atom is 0.244 e. The number of rotatable bonds is 13. The third kappa shape index (κ3) is 8.26. The van der Waals surface area contributed by atoms with Crippen LogP contribution in [0.1, 0.15) is 45.2 Å². The second-order valence-electron chi connectivity index (χ2n) is 9.24. The molecule has 0 aliphatic rings. The number of hydrogen-bond acceptors (Lipinski definition) is 5. The molecule has 2 aromatic carbocycles. The van der Waals surface area contributed by atoms with Crippen molar-refractivity contribution < 1.29 is 22.7 Å². The van der Waals surface area contributed by atoms with Crippen molar-refractivity contribution in [2.45, 2.75) is 53.6 Å². The molecular weight excluding hydrogens is 478 g/mol. The van der Waals surface area contributed by atoms with Gasteiger partial charge < -0.3 is 15.0 Å². The molecule has 8 nitrogen and oxygen atoms in total. The van der Waals surface area contributed by atoms with Crippen LogP contribution in [-0.4, -0.2) is 57.1 Å². The molecule has 0 saturated heterocycles. The molecule has 0 saturated carbocycles. The number of nitrogens with zero attached hydrogens (tertiary/aromatic N) is 2. The van der Waals surface area contributed by atoms with Gasteiger partial charge in [-0.05, 0) is 43.9 Å². The first kappa shape index (κ1) is 29.2. The summed E-state index contributed by atoms with van der Waals surface area (Å²) in [5.41, 5.74) is 2.21. The average Bonchev–Trinajstić information content (AvgIpc) is 2.82. The lowest BCUT2D eigenvalue weighted by molar-refractivity contribution is -0.140. The maximum atomic E-state index is 13.8. The Morgan fingerprint density at radius 1 is 1.03 bits per heavy atom. The van der Waals surface area contributed by atoms with Gasteiger partial charge >= 0.3 is 0 Å². The molecule has 1 atom stereocenters. The van der Waals surface area contributed by atoms with Gasteiger partial charge in [-0.1, -0.05) is 62.7 Å². The van der Waals surface area contributed by atoms with Crippen molar-refractivity contribution in [3.8, 4) is 5.75 Å². The fourth-order valence-electron chi connectivity index (χ4n) is 3.77. The third-order valence-electron chi connectivity index (χ3n) is 5.66. The smallest absolute Gasteiger partial charge is 0.244 e. The predicted octanol–water partition coefficient (Wildman–Crippen LogP) is 3.74. The average molecular weight is 518 g/mol. The maximum absolute atomic E-state index is 13.8. The van der Waals surface area contributed by atoms with Crippen molar-refractivity contribution in [2.24, 2.45) is 5.92 Å². The van der Waals surface area contributed by atoms with E-state index >= 15 is 0 Å². The monoisotopic (exact) mass is 517 g/mol. The minimum absolute atomic E-state index is 0.178. The van der Waals surface area contributed by atoms with Gasteiger partial charge in [0.2, 0.25) is 21.8 Å². The first-order chi connectivity index (χ1) is 17.0. The molecule has 2 aromatic rings. The van der Waals surface area contributed by atoms with E-state index in [4.69, 9.17) is 4.74 Å². The van der Waals surface area contributed by atoms with Crippen molar-refractivity contribution in [2.75, 3.05) is 30.3 Å². The van der Waals surface area contributed by atoms with E-state index in [0.29, 0.717) is 25.3 Å². The van der Waals surface area contributed by atoms with E-state index in [9.17, 15) is 18.0 Å². The molecule has 0 fully saturated rings. The van der Waals surface area contributed by atoms with Crippen LogP contribution in [0, 0.1) is 12.8 Å². The minimum atomic E-state index is -3.83.